The van der Waals surface area contributed by atoms with E-state index >= 15 is 0 Å². The molecule has 2 heterocycles. The van der Waals surface area contributed by atoms with Crippen molar-refractivity contribution in [1.29, 1.82) is 0 Å². The van der Waals surface area contributed by atoms with Crippen molar-refractivity contribution in [3.05, 3.63) is 23.8 Å². The van der Waals surface area contributed by atoms with Crippen molar-refractivity contribution in [3.8, 4) is 11.5 Å². The Hall–Kier alpha value is -1.26. The first-order chi connectivity index (χ1) is 9.19. The van der Waals surface area contributed by atoms with Crippen LogP contribution in [0.4, 0.5) is 0 Å². The molecule has 0 bridgehead atoms. The minimum atomic E-state index is 0.336. The predicted octanol–water partition coefficient (Wildman–Crippen LogP) is 2.15. The number of hydrogen-bond acceptors (Lipinski definition) is 4. The van der Waals surface area contributed by atoms with Crippen molar-refractivity contribution in [2.75, 3.05) is 19.9 Å². The number of hydrogen-bond donors (Lipinski definition) is 1. The van der Waals surface area contributed by atoms with E-state index < -0.39 is 0 Å². The summed E-state index contributed by atoms with van der Waals surface area (Å²) in [6, 6.07) is 7.24. The van der Waals surface area contributed by atoms with E-state index in [2.05, 4.69) is 30.9 Å². The van der Waals surface area contributed by atoms with Gasteiger partial charge in [0.2, 0.25) is 6.79 Å². The standard InChI is InChI=1S/C15H22N2O2/c1-10-5-12(7-16)8-17(10)11(2)13-3-4-14-15(6-13)19-9-18-14/h3-4,6,10-12H,5,7-9,16H2,1-2H3. The average Bonchev–Trinajstić information content (AvgIpc) is 3.02. The maximum absolute atomic E-state index is 5.81. The van der Waals surface area contributed by atoms with Gasteiger partial charge in [-0.1, -0.05) is 6.07 Å². The van der Waals surface area contributed by atoms with Gasteiger partial charge in [-0.25, -0.2) is 0 Å². The van der Waals surface area contributed by atoms with Gasteiger partial charge >= 0.3 is 0 Å². The summed E-state index contributed by atoms with van der Waals surface area (Å²) in [4.78, 5) is 2.54. The normalized spacial score (nSPS) is 27.7. The largest absolute Gasteiger partial charge is 0.454 e. The Balaban J connectivity index is 1.78. The number of nitrogens with zero attached hydrogens (tertiary/aromatic N) is 1. The molecule has 0 amide bonds. The van der Waals surface area contributed by atoms with Crippen molar-refractivity contribution in [2.45, 2.75) is 32.4 Å². The molecule has 1 fully saturated rings. The fourth-order valence-electron chi connectivity index (χ4n) is 3.25. The fraction of sp³-hybridized carbons (Fsp3) is 0.600. The second kappa shape index (κ2) is 5.02. The van der Waals surface area contributed by atoms with Crippen LogP contribution in [-0.4, -0.2) is 30.8 Å². The van der Waals surface area contributed by atoms with Gasteiger partial charge in [-0.2, -0.15) is 0 Å². The first-order valence-electron chi connectivity index (χ1n) is 7.04. The summed E-state index contributed by atoms with van der Waals surface area (Å²) in [5.74, 6) is 2.35. The summed E-state index contributed by atoms with van der Waals surface area (Å²) in [5.41, 5.74) is 7.09. The predicted molar refractivity (Wildman–Crippen MR) is 74.3 cm³/mol. The molecule has 0 aliphatic carbocycles. The molecule has 2 N–H and O–H groups in total. The molecule has 2 aliphatic heterocycles. The third kappa shape index (κ3) is 2.30. The van der Waals surface area contributed by atoms with Crippen LogP contribution >= 0.6 is 0 Å². The van der Waals surface area contributed by atoms with E-state index in [0.29, 0.717) is 24.8 Å². The Kier molecular flexibility index (Phi) is 3.37. The highest BCUT2D eigenvalue weighted by atomic mass is 16.7. The topological polar surface area (TPSA) is 47.7 Å². The molecule has 3 atom stereocenters. The van der Waals surface area contributed by atoms with Gasteiger partial charge in [0.1, 0.15) is 0 Å². The zero-order chi connectivity index (χ0) is 13.4. The minimum Gasteiger partial charge on any atom is -0.454 e. The van der Waals surface area contributed by atoms with Crippen LogP contribution in [0.15, 0.2) is 18.2 Å². The molecule has 1 aromatic carbocycles. The van der Waals surface area contributed by atoms with Crippen molar-refractivity contribution in [3.63, 3.8) is 0 Å². The molecule has 4 nitrogen and oxygen atoms in total. The van der Waals surface area contributed by atoms with Crippen LogP contribution in [0.3, 0.4) is 0 Å². The van der Waals surface area contributed by atoms with E-state index in [9.17, 15) is 0 Å². The summed E-state index contributed by atoms with van der Waals surface area (Å²) in [7, 11) is 0. The number of likely N-dealkylation sites (tertiary alicyclic amines) is 1. The van der Waals surface area contributed by atoms with E-state index in [1.165, 1.54) is 12.0 Å². The van der Waals surface area contributed by atoms with Crippen LogP contribution in [0.5, 0.6) is 11.5 Å². The molecule has 4 heteroatoms. The summed E-state index contributed by atoms with van der Waals surface area (Å²) in [6.07, 6.45) is 1.20. The lowest BCUT2D eigenvalue weighted by molar-refractivity contribution is 0.173. The first-order valence-corrected chi connectivity index (χ1v) is 7.04. The molecule has 1 aromatic rings. The molecule has 3 unspecified atom stereocenters. The molecule has 2 aliphatic rings. The van der Waals surface area contributed by atoms with Crippen molar-refractivity contribution >= 4 is 0 Å². The maximum atomic E-state index is 5.81. The lowest BCUT2D eigenvalue weighted by Crippen LogP contribution is -2.30. The van der Waals surface area contributed by atoms with Gasteiger partial charge in [0.05, 0.1) is 0 Å². The quantitative estimate of drug-likeness (QED) is 0.906. The SMILES string of the molecule is CC1CC(CN)CN1C(C)c1ccc2c(c1)OCO2. The van der Waals surface area contributed by atoms with Crippen LogP contribution in [-0.2, 0) is 0 Å². The van der Waals surface area contributed by atoms with E-state index in [1.54, 1.807) is 0 Å². The van der Waals surface area contributed by atoms with Gasteiger partial charge in [-0.05, 0) is 50.4 Å². The summed E-state index contributed by atoms with van der Waals surface area (Å²) < 4.78 is 10.8. The Morgan fingerprint density at radius 3 is 2.89 bits per heavy atom. The zero-order valence-electron chi connectivity index (χ0n) is 11.6. The Morgan fingerprint density at radius 2 is 2.16 bits per heavy atom. The summed E-state index contributed by atoms with van der Waals surface area (Å²) in [5, 5.41) is 0. The zero-order valence-corrected chi connectivity index (χ0v) is 11.6. The summed E-state index contributed by atoms with van der Waals surface area (Å²) in [6.45, 7) is 6.76. The molecule has 0 saturated carbocycles. The van der Waals surface area contributed by atoms with E-state index in [0.717, 1.165) is 24.6 Å². The number of fused-ring (bicyclic) bond motifs is 1. The molecule has 104 valence electrons. The highest BCUT2D eigenvalue weighted by molar-refractivity contribution is 5.45. The minimum absolute atomic E-state index is 0.336. The third-order valence-electron chi connectivity index (χ3n) is 4.42. The van der Waals surface area contributed by atoms with Crippen LogP contribution in [0, 0.1) is 5.92 Å². The third-order valence-corrected chi connectivity index (χ3v) is 4.42. The molecule has 3 rings (SSSR count). The highest BCUT2D eigenvalue weighted by Gasteiger charge is 2.32. The summed E-state index contributed by atoms with van der Waals surface area (Å²) >= 11 is 0. The van der Waals surface area contributed by atoms with E-state index in [4.69, 9.17) is 15.2 Å². The Morgan fingerprint density at radius 1 is 1.37 bits per heavy atom. The van der Waals surface area contributed by atoms with Crippen LogP contribution in [0.2, 0.25) is 0 Å². The molecule has 19 heavy (non-hydrogen) atoms. The van der Waals surface area contributed by atoms with Gasteiger partial charge < -0.3 is 15.2 Å². The lowest BCUT2D eigenvalue weighted by Gasteiger charge is -2.29. The van der Waals surface area contributed by atoms with Gasteiger partial charge in [0.25, 0.3) is 0 Å². The van der Waals surface area contributed by atoms with Gasteiger partial charge in [-0.15, -0.1) is 0 Å². The van der Waals surface area contributed by atoms with Gasteiger partial charge in [0, 0.05) is 18.6 Å². The molecular formula is C15H22N2O2. The first kappa shape index (κ1) is 12.8. The second-order valence-corrected chi connectivity index (χ2v) is 5.67. The van der Waals surface area contributed by atoms with Crippen molar-refractivity contribution in [1.82, 2.24) is 4.90 Å². The van der Waals surface area contributed by atoms with Crippen molar-refractivity contribution in [2.24, 2.45) is 11.7 Å². The van der Waals surface area contributed by atoms with Crippen LogP contribution in [0.1, 0.15) is 31.9 Å². The average molecular weight is 262 g/mol. The number of nitrogens with two attached hydrogens (primary N) is 1. The molecule has 0 spiro atoms. The Labute approximate surface area is 114 Å². The van der Waals surface area contributed by atoms with Crippen molar-refractivity contribution < 1.29 is 9.47 Å². The highest BCUT2D eigenvalue weighted by Crippen LogP contribution is 2.37. The molecule has 1 saturated heterocycles. The number of ether oxygens (including phenoxy) is 2. The van der Waals surface area contributed by atoms with Gasteiger partial charge in [0.15, 0.2) is 11.5 Å². The fourth-order valence-corrected chi connectivity index (χ4v) is 3.25. The van der Waals surface area contributed by atoms with Crippen LogP contribution < -0.4 is 15.2 Å². The lowest BCUT2D eigenvalue weighted by atomic mass is 10.1. The van der Waals surface area contributed by atoms with Crippen LogP contribution in [0.25, 0.3) is 0 Å². The number of rotatable bonds is 3. The molecule has 0 radical (unpaired) electrons. The van der Waals surface area contributed by atoms with E-state index in [1.807, 2.05) is 6.07 Å². The Bertz CT molecular complexity index is 463. The molecular weight excluding hydrogens is 240 g/mol. The maximum Gasteiger partial charge on any atom is 0.231 e. The van der Waals surface area contributed by atoms with E-state index in [-0.39, 0.29) is 0 Å². The van der Waals surface area contributed by atoms with Gasteiger partial charge in [-0.3, -0.25) is 4.90 Å². The second-order valence-electron chi connectivity index (χ2n) is 5.67. The number of benzene rings is 1. The molecule has 0 aromatic heterocycles. The smallest absolute Gasteiger partial charge is 0.231 e. The monoisotopic (exact) mass is 262 g/mol.